The zero-order valence-corrected chi connectivity index (χ0v) is 12.1. The fraction of sp³-hybridized carbons (Fsp3) is 0.667. The number of thiazole rings is 1. The number of nitrogens with one attached hydrogen (secondary N) is 1. The lowest BCUT2D eigenvalue weighted by Crippen LogP contribution is -2.42. The molecule has 0 fully saturated rings. The van der Waals surface area contributed by atoms with Gasteiger partial charge in [0.1, 0.15) is 0 Å². The summed E-state index contributed by atoms with van der Waals surface area (Å²) in [5.74, 6) is 0. The fourth-order valence-corrected chi connectivity index (χ4v) is 4.31. The van der Waals surface area contributed by atoms with E-state index in [1.807, 2.05) is 20.8 Å². The van der Waals surface area contributed by atoms with Gasteiger partial charge in [0.2, 0.25) is 0 Å². The molecule has 0 aliphatic carbocycles. The Bertz CT molecular complexity index is 480. The van der Waals surface area contributed by atoms with Crippen LogP contribution in [0.5, 0.6) is 0 Å². The first-order chi connectivity index (χ1) is 7.18. The molecule has 0 aliphatic heterocycles. The van der Waals surface area contributed by atoms with E-state index in [1.54, 1.807) is 6.92 Å². The van der Waals surface area contributed by atoms with Gasteiger partial charge in [-0.1, -0.05) is 29.9 Å². The van der Waals surface area contributed by atoms with Crippen LogP contribution in [0.4, 0.5) is 0 Å². The van der Waals surface area contributed by atoms with E-state index in [0.29, 0.717) is 12.1 Å². The van der Waals surface area contributed by atoms with Crippen LogP contribution in [0.2, 0.25) is 4.47 Å². The van der Waals surface area contributed by atoms with Crippen molar-refractivity contribution in [2.24, 2.45) is 0 Å². The summed E-state index contributed by atoms with van der Waals surface area (Å²) in [6.45, 7) is 7.23. The van der Waals surface area contributed by atoms with Gasteiger partial charge >= 0.3 is 0 Å². The van der Waals surface area contributed by atoms with Crippen molar-refractivity contribution < 1.29 is 8.42 Å². The van der Waals surface area contributed by atoms with Gasteiger partial charge in [0.05, 0.1) is 5.69 Å². The molecule has 16 heavy (non-hydrogen) atoms. The van der Waals surface area contributed by atoms with Crippen LogP contribution in [0.15, 0.2) is 4.21 Å². The highest BCUT2D eigenvalue weighted by atomic mass is 35.5. The molecule has 0 saturated carbocycles. The normalized spacial score (nSPS) is 13.1. The van der Waals surface area contributed by atoms with Gasteiger partial charge in [-0.05, 0) is 27.2 Å². The van der Waals surface area contributed by atoms with Gasteiger partial charge < -0.3 is 0 Å². The van der Waals surface area contributed by atoms with Crippen molar-refractivity contribution in [3.63, 3.8) is 0 Å². The minimum absolute atomic E-state index is 0.194. The molecular formula is C9H15ClN2O2S2. The molecule has 1 rings (SSSR count). The molecular weight excluding hydrogens is 268 g/mol. The summed E-state index contributed by atoms with van der Waals surface area (Å²) >= 11 is 6.67. The van der Waals surface area contributed by atoms with E-state index < -0.39 is 15.6 Å². The third-order valence-corrected chi connectivity index (χ3v) is 5.84. The molecule has 0 aromatic carbocycles. The third-order valence-electron chi connectivity index (χ3n) is 2.27. The van der Waals surface area contributed by atoms with Crippen LogP contribution < -0.4 is 4.72 Å². The number of halogens is 1. The summed E-state index contributed by atoms with van der Waals surface area (Å²) < 4.78 is 27.2. The molecule has 4 nitrogen and oxygen atoms in total. The first kappa shape index (κ1) is 13.9. The minimum Gasteiger partial charge on any atom is -0.229 e. The number of sulfonamides is 1. The van der Waals surface area contributed by atoms with Crippen molar-refractivity contribution in [3.8, 4) is 0 Å². The number of hydrogen-bond donors (Lipinski definition) is 1. The van der Waals surface area contributed by atoms with E-state index in [9.17, 15) is 8.42 Å². The minimum atomic E-state index is -3.52. The van der Waals surface area contributed by atoms with Crippen molar-refractivity contribution in [1.82, 2.24) is 9.71 Å². The lowest BCUT2D eigenvalue weighted by molar-refractivity contribution is 0.440. The fourth-order valence-electron chi connectivity index (χ4n) is 1.08. The number of aromatic nitrogens is 1. The molecule has 1 N–H and O–H groups in total. The third kappa shape index (κ3) is 3.16. The van der Waals surface area contributed by atoms with E-state index in [2.05, 4.69) is 9.71 Å². The summed E-state index contributed by atoms with van der Waals surface area (Å²) in [6, 6.07) is 0. The van der Waals surface area contributed by atoms with E-state index >= 15 is 0 Å². The Morgan fingerprint density at radius 2 is 2.06 bits per heavy atom. The standard InChI is InChI=1S/C9H15ClN2O2S2/c1-5-9(3,4)12-16(13,14)7-6(2)11-8(10)15-7/h12H,5H2,1-4H3. The Morgan fingerprint density at radius 3 is 2.44 bits per heavy atom. The molecule has 0 unspecified atom stereocenters. The quantitative estimate of drug-likeness (QED) is 0.923. The number of rotatable bonds is 4. The molecule has 7 heteroatoms. The molecule has 0 spiro atoms. The van der Waals surface area contributed by atoms with E-state index in [4.69, 9.17) is 11.6 Å². The van der Waals surface area contributed by atoms with Gasteiger partial charge in [-0.2, -0.15) is 0 Å². The molecule has 92 valence electrons. The largest absolute Gasteiger partial charge is 0.252 e. The maximum absolute atomic E-state index is 12.0. The second-order valence-electron chi connectivity index (χ2n) is 4.18. The molecule has 0 bridgehead atoms. The van der Waals surface area contributed by atoms with Crippen molar-refractivity contribution in [2.45, 2.75) is 43.9 Å². The Kier molecular flexibility index (Phi) is 3.99. The van der Waals surface area contributed by atoms with E-state index in [0.717, 1.165) is 11.3 Å². The number of aryl methyl sites for hydroxylation is 1. The Morgan fingerprint density at radius 1 is 1.50 bits per heavy atom. The lowest BCUT2D eigenvalue weighted by atomic mass is 10.0. The van der Waals surface area contributed by atoms with Crippen molar-refractivity contribution in [1.29, 1.82) is 0 Å². The molecule has 0 radical (unpaired) electrons. The summed E-state index contributed by atoms with van der Waals surface area (Å²) in [4.78, 5) is 3.90. The van der Waals surface area contributed by atoms with E-state index in [-0.39, 0.29) is 8.68 Å². The smallest absolute Gasteiger partial charge is 0.229 e. The second-order valence-corrected chi connectivity index (χ2v) is 7.64. The predicted octanol–water partition coefficient (Wildman–Crippen LogP) is 2.57. The van der Waals surface area contributed by atoms with Crippen LogP contribution in [0.1, 0.15) is 32.9 Å². The Balaban J connectivity index is 3.09. The Hall–Kier alpha value is -0.170. The SMILES string of the molecule is CCC(C)(C)NS(=O)(=O)c1sc(Cl)nc1C. The maximum Gasteiger partial charge on any atom is 0.252 e. The molecule has 1 heterocycles. The first-order valence-electron chi connectivity index (χ1n) is 4.85. The van der Waals surface area contributed by atoms with Crippen molar-refractivity contribution >= 4 is 33.0 Å². The summed E-state index contributed by atoms with van der Waals surface area (Å²) in [5, 5.41) is 0. The topological polar surface area (TPSA) is 59.1 Å². The van der Waals surface area contributed by atoms with Gasteiger partial charge in [-0.25, -0.2) is 18.1 Å². The van der Waals surface area contributed by atoms with Crippen molar-refractivity contribution in [2.75, 3.05) is 0 Å². The van der Waals surface area contributed by atoms with Gasteiger partial charge in [0.15, 0.2) is 8.68 Å². The predicted molar refractivity (Wildman–Crippen MR) is 66.6 cm³/mol. The summed E-state index contributed by atoms with van der Waals surface area (Å²) in [7, 11) is -3.52. The van der Waals surface area contributed by atoms with Gasteiger partial charge in [-0.15, -0.1) is 0 Å². The molecule has 0 aliphatic rings. The zero-order chi connectivity index (χ0) is 12.6. The summed E-state index contributed by atoms with van der Waals surface area (Å²) in [6.07, 6.45) is 0.706. The van der Waals surface area contributed by atoms with E-state index in [1.165, 1.54) is 0 Å². The Labute approximate surface area is 105 Å². The molecule has 1 aromatic rings. The average molecular weight is 283 g/mol. The molecule has 0 amide bonds. The highest BCUT2D eigenvalue weighted by Crippen LogP contribution is 2.27. The average Bonchev–Trinajstić information content (AvgIpc) is 2.44. The molecule has 0 atom stereocenters. The maximum atomic E-state index is 12.0. The molecule has 1 aromatic heterocycles. The van der Waals surface area contributed by atoms with Crippen LogP contribution in [0.25, 0.3) is 0 Å². The molecule has 0 saturated heterocycles. The van der Waals surface area contributed by atoms with Gasteiger partial charge in [-0.3, -0.25) is 0 Å². The lowest BCUT2D eigenvalue weighted by Gasteiger charge is -2.23. The van der Waals surface area contributed by atoms with Crippen molar-refractivity contribution in [3.05, 3.63) is 10.2 Å². The van der Waals surface area contributed by atoms with Gasteiger partial charge in [0.25, 0.3) is 10.0 Å². The highest BCUT2D eigenvalue weighted by molar-refractivity contribution is 7.91. The van der Waals surface area contributed by atoms with Crippen LogP contribution in [0.3, 0.4) is 0 Å². The second kappa shape index (κ2) is 4.60. The van der Waals surface area contributed by atoms with Crippen LogP contribution in [-0.2, 0) is 10.0 Å². The zero-order valence-electron chi connectivity index (χ0n) is 9.67. The highest BCUT2D eigenvalue weighted by Gasteiger charge is 2.28. The number of hydrogen-bond acceptors (Lipinski definition) is 4. The van der Waals surface area contributed by atoms with Crippen LogP contribution in [0, 0.1) is 6.92 Å². The van der Waals surface area contributed by atoms with Crippen LogP contribution in [-0.4, -0.2) is 18.9 Å². The van der Waals surface area contributed by atoms with Crippen LogP contribution >= 0.6 is 22.9 Å². The van der Waals surface area contributed by atoms with Gasteiger partial charge in [0, 0.05) is 5.54 Å². The summed E-state index contributed by atoms with van der Waals surface area (Å²) in [5.41, 5.74) is -0.0312. The monoisotopic (exact) mass is 282 g/mol. The number of nitrogens with zero attached hydrogens (tertiary/aromatic N) is 1. The first-order valence-corrected chi connectivity index (χ1v) is 7.52.